The Morgan fingerprint density at radius 3 is 2.89 bits per heavy atom. The third kappa shape index (κ3) is 3.56. The van der Waals surface area contributed by atoms with Gasteiger partial charge in [0.15, 0.2) is 0 Å². The molecule has 0 spiro atoms. The van der Waals surface area contributed by atoms with Gasteiger partial charge in [-0.05, 0) is 25.8 Å². The smallest absolute Gasteiger partial charge is 0.343 e. The first kappa shape index (κ1) is 14.5. The van der Waals surface area contributed by atoms with Crippen LogP contribution in [0.3, 0.4) is 0 Å². The van der Waals surface area contributed by atoms with E-state index in [9.17, 15) is 13.2 Å². The average Bonchev–Trinajstić information content (AvgIpc) is 2.95. The summed E-state index contributed by atoms with van der Waals surface area (Å²) in [4.78, 5) is 5.56. The highest BCUT2D eigenvalue weighted by atomic mass is 32.1. The summed E-state index contributed by atoms with van der Waals surface area (Å²) in [5, 5.41) is 3.69. The van der Waals surface area contributed by atoms with E-state index in [1.165, 1.54) is 0 Å². The fraction of sp³-hybridized carbons (Fsp3) is 0.818. The van der Waals surface area contributed by atoms with Crippen LogP contribution >= 0.6 is 11.5 Å². The summed E-state index contributed by atoms with van der Waals surface area (Å²) >= 11 is 0.834. The number of alkyl halides is 3. The van der Waals surface area contributed by atoms with E-state index in [0.29, 0.717) is 5.13 Å². The summed E-state index contributed by atoms with van der Waals surface area (Å²) in [6, 6.07) is 0.223. The lowest BCUT2D eigenvalue weighted by atomic mass is 10.2. The predicted octanol–water partition coefficient (Wildman–Crippen LogP) is 2.53. The number of nitrogens with one attached hydrogen (secondary N) is 1. The van der Waals surface area contributed by atoms with Crippen molar-refractivity contribution in [3.05, 3.63) is 5.82 Å². The third-order valence-electron chi connectivity index (χ3n) is 3.10. The van der Waals surface area contributed by atoms with Crippen LogP contribution in [-0.2, 0) is 6.18 Å². The Kier molecular flexibility index (Phi) is 4.62. The molecule has 1 aliphatic rings. The molecule has 2 rings (SSSR count). The zero-order valence-corrected chi connectivity index (χ0v) is 11.5. The first-order valence-electron chi connectivity index (χ1n) is 6.40. The highest BCUT2D eigenvalue weighted by molar-refractivity contribution is 7.09. The number of anilines is 1. The molecule has 1 aromatic heterocycles. The Morgan fingerprint density at radius 1 is 1.47 bits per heavy atom. The van der Waals surface area contributed by atoms with Gasteiger partial charge in [-0.2, -0.15) is 22.5 Å². The molecule has 1 unspecified atom stereocenters. The maximum absolute atomic E-state index is 12.5. The SMILES string of the molecule is CCCNCC1CCCN1c1nc(C(F)(F)F)ns1. The molecule has 0 radical (unpaired) electrons. The molecule has 0 amide bonds. The van der Waals surface area contributed by atoms with Crippen molar-refractivity contribution in [1.29, 1.82) is 0 Å². The van der Waals surface area contributed by atoms with Crippen LogP contribution in [0.5, 0.6) is 0 Å². The first-order chi connectivity index (χ1) is 9.02. The van der Waals surface area contributed by atoms with Crippen LogP contribution in [-0.4, -0.2) is 35.0 Å². The second-order valence-corrected chi connectivity index (χ2v) is 5.32. The second kappa shape index (κ2) is 6.04. The lowest BCUT2D eigenvalue weighted by Crippen LogP contribution is -2.38. The van der Waals surface area contributed by atoms with Crippen molar-refractivity contribution in [3.8, 4) is 0 Å². The zero-order valence-electron chi connectivity index (χ0n) is 10.7. The molecule has 1 saturated heterocycles. The third-order valence-corrected chi connectivity index (χ3v) is 3.85. The Labute approximate surface area is 114 Å². The van der Waals surface area contributed by atoms with Crippen LogP contribution in [0, 0.1) is 0 Å². The normalized spacial score (nSPS) is 20.2. The quantitative estimate of drug-likeness (QED) is 0.847. The second-order valence-electron chi connectivity index (χ2n) is 4.59. The van der Waals surface area contributed by atoms with Gasteiger partial charge in [0.05, 0.1) is 0 Å². The standard InChI is InChI=1S/C11H17F3N4S/c1-2-5-15-7-8-4-3-6-18(8)10-16-9(17-19-10)11(12,13)14/h8,15H,2-7H2,1H3. The van der Waals surface area contributed by atoms with Gasteiger partial charge in [0.1, 0.15) is 0 Å². The maximum Gasteiger partial charge on any atom is 0.452 e. The van der Waals surface area contributed by atoms with Crippen molar-refractivity contribution in [2.75, 3.05) is 24.5 Å². The molecule has 0 bridgehead atoms. The number of hydrogen-bond acceptors (Lipinski definition) is 5. The topological polar surface area (TPSA) is 41.0 Å². The van der Waals surface area contributed by atoms with Crippen molar-refractivity contribution in [3.63, 3.8) is 0 Å². The average molecular weight is 294 g/mol. The zero-order chi connectivity index (χ0) is 13.9. The van der Waals surface area contributed by atoms with E-state index in [0.717, 1.165) is 50.4 Å². The van der Waals surface area contributed by atoms with Crippen LogP contribution in [0.4, 0.5) is 18.3 Å². The summed E-state index contributed by atoms with van der Waals surface area (Å²) in [7, 11) is 0. The molecule has 108 valence electrons. The Balaban J connectivity index is 2.01. The summed E-state index contributed by atoms with van der Waals surface area (Å²) < 4.78 is 40.9. The van der Waals surface area contributed by atoms with Gasteiger partial charge in [0.25, 0.3) is 0 Å². The van der Waals surface area contributed by atoms with Crippen LogP contribution in [0.1, 0.15) is 32.0 Å². The Hall–Kier alpha value is -0.890. The maximum atomic E-state index is 12.5. The van der Waals surface area contributed by atoms with Crippen molar-refractivity contribution in [2.24, 2.45) is 0 Å². The molecular weight excluding hydrogens is 277 g/mol. The van der Waals surface area contributed by atoms with E-state index in [-0.39, 0.29) is 6.04 Å². The van der Waals surface area contributed by atoms with Gasteiger partial charge in [0.2, 0.25) is 11.0 Å². The molecule has 19 heavy (non-hydrogen) atoms. The molecule has 0 saturated carbocycles. The van der Waals surface area contributed by atoms with E-state index in [2.05, 4.69) is 21.6 Å². The summed E-state index contributed by atoms with van der Waals surface area (Å²) in [6.45, 7) is 4.55. The number of halogens is 3. The number of aromatic nitrogens is 2. The fourth-order valence-corrected chi connectivity index (χ4v) is 2.98. The number of nitrogens with zero attached hydrogens (tertiary/aromatic N) is 3. The van der Waals surface area contributed by atoms with E-state index < -0.39 is 12.0 Å². The van der Waals surface area contributed by atoms with Gasteiger partial charge in [-0.1, -0.05) is 6.92 Å². The molecule has 1 N–H and O–H groups in total. The van der Waals surface area contributed by atoms with Gasteiger partial charge < -0.3 is 10.2 Å². The van der Waals surface area contributed by atoms with Crippen LogP contribution in [0.25, 0.3) is 0 Å². The largest absolute Gasteiger partial charge is 0.452 e. The molecule has 8 heteroatoms. The molecule has 1 aliphatic heterocycles. The molecule has 4 nitrogen and oxygen atoms in total. The number of rotatable bonds is 5. The highest BCUT2D eigenvalue weighted by Gasteiger charge is 2.37. The van der Waals surface area contributed by atoms with Gasteiger partial charge in [-0.15, -0.1) is 0 Å². The van der Waals surface area contributed by atoms with Crippen LogP contribution in [0.15, 0.2) is 0 Å². The molecule has 2 heterocycles. The molecule has 1 fully saturated rings. The Morgan fingerprint density at radius 2 is 2.26 bits per heavy atom. The van der Waals surface area contributed by atoms with Crippen molar-refractivity contribution >= 4 is 16.7 Å². The molecule has 1 atom stereocenters. The van der Waals surface area contributed by atoms with Crippen molar-refractivity contribution in [2.45, 2.75) is 38.4 Å². The van der Waals surface area contributed by atoms with Crippen LogP contribution < -0.4 is 10.2 Å². The van der Waals surface area contributed by atoms with Crippen molar-refractivity contribution < 1.29 is 13.2 Å². The monoisotopic (exact) mass is 294 g/mol. The summed E-state index contributed by atoms with van der Waals surface area (Å²) in [6.07, 6.45) is -1.44. The lowest BCUT2D eigenvalue weighted by Gasteiger charge is -2.23. The molecule has 1 aromatic rings. The lowest BCUT2D eigenvalue weighted by molar-refractivity contribution is -0.144. The highest BCUT2D eigenvalue weighted by Crippen LogP contribution is 2.32. The van der Waals surface area contributed by atoms with Gasteiger partial charge >= 0.3 is 6.18 Å². The van der Waals surface area contributed by atoms with Crippen LogP contribution in [0.2, 0.25) is 0 Å². The fourth-order valence-electron chi connectivity index (χ4n) is 2.19. The predicted molar refractivity (Wildman–Crippen MR) is 68.4 cm³/mol. The van der Waals surface area contributed by atoms with Gasteiger partial charge in [-0.25, -0.2) is 0 Å². The minimum absolute atomic E-state index is 0.223. The Bertz CT molecular complexity index is 407. The van der Waals surface area contributed by atoms with E-state index in [4.69, 9.17) is 0 Å². The van der Waals surface area contributed by atoms with Gasteiger partial charge in [-0.3, -0.25) is 0 Å². The summed E-state index contributed by atoms with van der Waals surface area (Å²) in [5.41, 5.74) is 0. The van der Waals surface area contributed by atoms with E-state index in [1.807, 2.05) is 4.90 Å². The molecular formula is C11H17F3N4S. The molecule has 0 aromatic carbocycles. The first-order valence-corrected chi connectivity index (χ1v) is 7.18. The molecule has 0 aliphatic carbocycles. The van der Waals surface area contributed by atoms with E-state index in [1.54, 1.807) is 0 Å². The van der Waals surface area contributed by atoms with E-state index >= 15 is 0 Å². The minimum Gasteiger partial charge on any atom is -0.343 e. The minimum atomic E-state index is -4.45. The summed E-state index contributed by atoms with van der Waals surface area (Å²) in [5.74, 6) is -1.03. The van der Waals surface area contributed by atoms with Gasteiger partial charge in [0, 0.05) is 30.7 Å². The van der Waals surface area contributed by atoms with Crippen molar-refractivity contribution in [1.82, 2.24) is 14.7 Å². The number of hydrogen-bond donors (Lipinski definition) is 1.